The van der Waals surface area contributed by atoms with Gasteiger partial charge in [-0.25, -0.2) is 13.2 Å². The van der Waals surface area contributed by atoms with Crippen LogP contribution in [0.15, 0.2) is 12.1 Å². The summed E-state index contributed by atoms with van der Waals surface area (Å²) in [5.41, 5.74) is 5.53. The Kier molecular flexibility index (Phi) is 2.59. The van der Waals surface area contributed by atoms with Crippen LogP contribution >= 0.6 is 0 Å². The molecule has 2 rings (SSSR count). The molecule has 0 spiro atoms. The first-order valence-electron chi connectivity index (χ1n) is 4.69. The van der Waals surface area contributed by atoms with Gasteiger partial charge in [-0.2, -0.15) is 0 Å². The number of halogens is 3. The number of hydrogen-bond acceptors (Lipinski definition) is 2. The molecule has 2 N–H and O–H groups in total. The normalized spacial score (nSPS) is 20.6. The van der Waals surface area contributed by atoms with Crippen LogP contribution in [0.5, 0.6) is 0 Å². The molecule has 6 heteroatoms. The predicted octanol–water partition coefficient (Wildman–Crippen LogP) is 1.17. The van der Waals surface area contributed by atoms with Crippen LogP contribution in [0.25, 0.3) is 0 Å². The number of rotatable bonds is 1. The van der Waals surface area contributed by atoms with Crippen molar-refractivity contribution >= 4 is 11.6 Å². The molecule has 3 nitrogen and oxygen atoms in total. The summed E-state index contributed by atoms with van der Waals surface area (Å²) in [6.45, 7) is 0.184. The van der Waals surface area contributed by atoms with E-state index in [4.69, 9.17) is 5.73 Å². The van der Waals surface area contributed by atoms with E-state index in [1.807, 2.05) is 0 Å². The SMILES string of the molecule is NC1CC(=O)N(c2cc(F)c(F)c(F)c2)C1. The van der Waals surface area contributed by atoms with Gasteiger partial charge in [0.05, 0.1) is 0 Å². The van der Waals surface area contributed by atoms with E-state index in [0.29, 0.717) is 0 Å². The van der Waals surface area contributed by atoms with Gasteiger partial charge in [0, 0.05) is 36.8 Å². The number of benzene rings is 1. The van der Waals surface area contributed by atoms with Crippen LogP contribution in [-0.2, 0) is 4.79 Å². The fraction of sp³-hybridized carbons (Fsp3) is 0.300. The van der Waals surface area contributed by atoms with E-state index in [0.717, 1.165) is 17.0 Å². The summed E-state index contributed by atoms with van der Waals surface area (Å²) < 4.78 is 38.6. The number of hydrogen-bond donors (Lipinski definition) is 1. The first kappa shape index (κ1) is 10.9. The van der Waals surface area contributed by atoms with Gasteiger partial charge in [-0.1, -0.05) is 0 Å². The van der Waals surface area contributed by atoms with Crippen molar-refractivity contribution in [3.05, 3.63) is 29.6 Å². The molecule has 1 heterocycles. The number of amides is 1. The van der Waals surface area contributed by atoms with Gasteiger partial charge in [-0.15, -0.1) is 0 Å². The standard InChI is InChI=1S/C10H9F3N2O/c11-7-2-6(3-8(12)10(7)13)15-4-5(14)1-9(15)16/h2-3,5H,1,4,14H2. The van der Waals surface area contributed by atoms with Crippen LogP contribution in [0, 0.1) is 17.5 Å². The highest BCUT2D eigenvalue weighted by Crippen LogP contribution is 2.24. The van der Waals surface area contributed by atoms with Crippen LogP contribution in [0.1, 0.15) is 6.42 Å². The predicted molar refractivity (Wildman–Crippen MR) is 51.3 cm³/mol. The van der Waals surface area contributed by atoms with E-state index in [1.54, 1.807) is 0 Å². The van der Waals surface area contributed by atoms with Gasteiger partial charge in [-0.3, -0.25) is 4.79 Å². The molecule has 16 heavy (non-hydrogen) atoms. The van der Waals surface area contributed by atoms with E-state index in [2.05, 4.69) is 0 Å². The van der Waals surface area contributed by atoms with E-state index < -0.39 is 17.5 Å². The molecule has 86 valence electrons. The highest BCUT2D eigenvalue weighted by molar-refractivity contribution is 5.96. The Hall–Kier alpha value is -1.56. The minimum absolute atomic E-state index is 0.00523. The third-order valence-electron chi connectivity index (χ3n) is 2.44. The molecule has 1 aliphatic heterocycles. The minimum Gasteiger partial charge on any atom is -0.326 e. The molecule has 1 atom stereocenters. The highest BCUT2D eigenvalue weighted by atomic mass is 19.2. The van der Waals surface area contributed by atoms with Crippen molar-refractivity contribution < 1.29 is 18.0 Å². The molecule has 0 aromatic heterocycles. The molecule has 0 radical (unpaired) electrons. The van der Waals surface area contributed by atoms with Crippen LogP contribution < -0.4 is 10.6 Å². The molecular formula is C10H9F3N2O. The Balaban J connectivity index is 2.38. The van der Waals surface area contributed by atoms with Gasteiger partial charge < -0.3 is 10.6 Å². The minimum atomic E-state index is -1.54. The summed E-state index contributed by atoms with van der Waals surface area (Å²) in [6.07, 6.45) is 0.126. The second-order valence-corrected chi connectivity index (χ2v) is 3.69. The van der Waals surface area contributed by atoms with E-state index >= 15 is 0 Å². The number of nitrogens with two attached hydrogens (primary N) is 1. The summed E-state index contributed by atoms with van der Waals surface area (Å²) >= 11 is 0. The second kappa shape index (κ2) is 3.79. The third kappa shape index (κ3) is 1.76. The van der Waals surface area contributed by atoms with Crippen molar-refractivity contribution in [2.45, 2.75) is 12.5 Å². The van der Waals surface area contributed by atoms with Crippen molar-refractivity contribution in [1.29, 1.82) is 0 Å². The molecule has 1 saturated heterocycles. The van der Waals surface area contributed by atoms with Gasteiger partial charge in [-0.05, 0) is 0 Å². The molecular weight excluding hydrogens is 221 g/mol. The number of anilines is 1. The van der Waals surface area contributed by atoms with Crippen LogP contribution in [0.3, 0.4) is 0 Å². The molecule has 0 bridgehead atoms. The topological polar surface area (TPSA) is 46.3 Å². The molecule has 1 amide bonds. The van der Waals surface area contributed by atoms with Crippen molar-refractivity contribution in [2.24, 2.45) is 5.73 Å². The van der Waals surface area contributed by atoms with E-state index in [9.17, 15) is 18.0 Å². The average molecular weight is 230 g/mol. The maximum absolute atomic E-state index is 12.9. The molecule has 1 aromatic rings. The Morgan fingerprint density at radius 3 is 2.25 bits per heavy atom. The lowest BCUT2D eigenvalue weighted by molar-refractivity contribution is -0.117. The Morgan fingerprint density at radius 2 is 1.81 bits per heavy atom. The van der Waals surface area contributed by atoms with Gasteiger partial charge >= 0.3 is 0 Å². The van der Waals surface area contributed by atoms with Crippen LogP contribution in [-0.4, -0.2) is 18.5 Å². The summed E-state index contributed by atoms with van der Waals surface area (Å²) in [5, 5.41) is 0. The van der Waals surface area contributed by atoms with Crippen molar-refractivity contribution in [3.8, 4) is 0 Å². The van der Waals surface area contributed by atoms with Gasteiger partial charge in [0.25, 0.3) is 0 Å². The molecule has 1 fully saturated rings. The van der Waals surface area contributed by atoms with E-state index in [-0.39, 0.29) is 30.6 Å². The van der Waals surface area contributed by atoms with Crippen LogP contribution in [0.2, 0.25) is 0 Å². The third-order valence-corrected chi connectivity index (χ3v) is 2.44. The highest BCUT2D eigenvalue weighted by Gasteiger charge is 2.29. The Bertz CT molecular complexity index is 427. The first-order valence-corrected chi connectivity index (χ1v) is 4.69. The van der Waals surface area contributed by atoms with Crippen molar-refractivity contribution in [3.63, 3.8) is 0 Å². The summed E-state index contributed by atoms with van der Waals surface area (Å²) in [6, 6.07) is 1.21. The van der Waals surface area contributed by atoms with Gasteiger partial charge in [0.1, 0.15) is 0 Å². The molecule has 0 saturated carbocycles. The lowest BCUT2D eigenvalue weighted by Gasteiger charge is -2.16. The monoisotopic (exact) mass is 230 g/mol. The van der Waals surface area contributed by atoms with Crippen molar-refractivity contribution in [2.75, 3.05) is 11.4 Å². The van der Waals surface area contributed by atoms with E-state index in [1.165, 1.54) is 0 Å². The van der Waals surface area contributed by atoms with Gasteiger partial charge in [0.15, 0.2) is 17.5 Å². The number of nitrogens with zero attached hydrogens (tertiary/aromatic N) is 1. The molecule has 1 unspecified atom stereocenters. The summed E-state index contributed by atoms with van der Waals surface area (Å²) in [7, 11) is 0. The second-order valence-electron chi connectivity index (χ2n) is 3.69. The quantitative estimate of drug-likeness (QED) is 0.736. The number of carbonyl (C=O) groups is 1. The fourth-order valence-electron chi connectivity index (χ4n) is 1.68. The zero-order chi connectivity index (χ0) is 11.9. The largest absolute Gasteiger partial charge is 0.326 e. The van der Waals surface area contributed by atoms with Gasteiger partial charge in [0.2, 0.25) is 5.91 Å². The zero-order valence-electron chi connectivity index (χ0n) is 8.21. The Morgan fingerprint density at radius 1 is 1.25 bits per heavy atom. The number of carbonyl (C=O) groups excluding carboxylic acids is 1. The molecule has 0 aliphatic carbocycles. The van der Waals surface area contributed by atoms with Crippen LogP contribution in [0.4, 0.5) is 18.9 Å². The Labute approximate surface area is 89.6 Å². The van der Waals surface area contributed by atoms with Crippen molar-refractivity contribution in [1.82, 2.24) is 0 Å². The smallest absolute Gasteiger partial charge is 0.228 e. The fourth-order valence-corrected chi connectivity index (χ4v) is 1.68. The maximum atomic E-state index is 12.9. The maximum Gasteiger partial charge on any atom is 0.228 e. The molecule has 1 aliphatic rings. The first-order chi connectivity index (χ1) is 7.49. The lowest BCUT2D eigenvalue weighted by Crippen LogP contribution is -2.28. The summed E-state index contributed by atoms with van der Waals surface area (Å²) in [4.78, 5) is 12.5. The average Bonchev–Trinajstić information content (AvgIpc) is 2.53. The lowest BCUT2D eigenvalue weighted by atomic mass is 10.2. The molecule has 1 aromatic carbocycles. The summed E-state index contributed by atoms with van der Waals surface area (Å²) in [5.74, 6) is -4.50. The zero-order valence-corrected chi connectivity index (χ0v) is 8.21.